The van der Waals surface area contributed by atoms with Crippen LogP contribution in [0.4, 0.5) is 11.6 Å². The predicted molar refractivity (Wildman–Crippen MR) is 119 cm³/mol. The smallest absolute Gasteiger partial charge is 0.339 e. The normalized spacial score (nSPS) is 17.9. The zero-order chi connectivity index (χ0) is 22.7. The molecule has 0 aliphatic carbocycles. The van der Waals surface area contributed by atoms with Gasteiger partial charge in [-0.3, -0.25) is 0 Å². The number of esters is 1. The standard InChI is InChI=1S/C20H24ClN5O5S/c1-30-20(27)15-12-17(32(28,29)26-8-10-31-11-9-26)19(23-13-15)25-6-4-24(5-7-25)18-3-2-16(21)14-22-18/h2-3,12-14H,4-11H2,1H3. The third-order valence-electron chi connectivity index (χ3n) is 5.46. The van der Waals surface area contributed by atoms with Crippen molar-refractivity contribution in [1.82, 2.24) is 14.3 Å². The van der Waals surface area contributed by atoms with Crippen LogP contribution >= 0.6 is 11.6 Å². The molecule has 0 bridgehead atoms. The summed E-state index contributed by atoms with van der Waals surface area (Å²) in [5, 5.41) is 0.570. The van der Waals surface area contributed by atoms with E-state index in [0.717, 1.165) is 5.82 Å². The van der Waals surface area contributed by atoms with Crippen molar-refractivity contribution in [2.24, 2.45) is 0 Å². The van der Waals surface area contributed by atoms with Crippen molar-refractivity contribution >= 4 is 39.2 Å². The van der Waals surface area contributed by atoms with Gasteiger partial charge in [0.1, 0.15) is 16.5 Å². The summed E-state index contributed by atoms with van der Waals surface area (Å²) in [4.78, 5) is 24.8. The lowest BCUT2D eigenvalue weighted by Crippen LogP contribution is -2.48. The lowest BCUT2D eigenvalue weighted by molar-refractivity contribution is 0.0600. The fourth-order valence-electron chi connectivity index (χ4n) is 3.72. The molecule has 2 saturated heterocycles. The van der Waals surface area contributed by atoms with Crippen LogP contribution in [0.2, 0.25) is 5.02 Å². The molecule has 10 nitrogen and oxygen atoms in total. The summed E-state index contributed by atoms with van der Waals surface area (Å²) < 4.78 is 38.3. The number of ether oxygens (including phenoxy) is 2. The van der Waals surface area contributed by atoms with Gasteiger partial charge in [0.05, 0.1) is 30.9 Å². The number of nitrogens with zero attached hydrogens (tertiary/aromatic N) is 5. The van der Waals surface area contributed by atoms with Crippen LogP contribution < -0.4 is 9.80 Å². The predicted octanol–water partition coefficient (Wildman–Crippen LogP) is 1.26. The highest BCUT2D eigenvalue weighted by molar-refractivity contribution is 7.89. The highest BCUT2D eigenvalue weighted by Crippen LogP contribution is 2.29. The van der Waals surface area contributed by atoms with Crippen molar-refractivity contribution in [3.05, 3.63) is 41.2 Å². The number of rotatable bonds is 5. The topological polar surface area (TPSA) is 105 Å². The van der Waals surface area contributed by atoms with E-state index in [0.29, 0.717) is 50.2 Å². The van der Waals surface area contributed by atoms with Crippen LogP contribution in [-0.4, -0.2) is 88.3 Å². The number of hydrogen-bond donors (Lipinski definition) is 0. The van der Waals surface area contributed by atoms with Gasteiger partial charge in [0.2, 0.25) is 10.0 Å². The maximum Gasteiger partial charge on any atom is 0.339 e. The Bertz CT molecular complexity index is 1070. The van der Waals surface area contributed by atoms with E-state index in [-0.39, 0.29) is 23.5 Å². The molecule has 32 heavy (non-hydrogen) atoms. The zero-order valence-electron chi connectivity index (χ0n) is 17.6. The van der Waals surface area contributed by atoms with E-state index in [1.54, 1.807) is 12.3 Å². The van der Waals surface area contributed by atoms with E-state index < -0.39 is 16.0 Å². The third-order valence-corrected chi connectivity index (χ3v) is 7.58. The number of carbonyl (C=O) groups excluding carboxylic acids is 1. The van der Waals surface area contributed by atoms with Crippen molar-refractivity contribution in [2.45, 2.75) is 4.90 Å². The van der Waals surface area contributed by atoms with Gasteiger partial charge in [-0.05, 0) is 18.2 Å². The van der Waals surface area contributed by atoms with E-state index in [4.69, 9.17) is 21.1 Å². The van der Waals surface area contributed by atoms with Crippen LogP contribution in [0.25, 0.3) is 0 Å². The maximum atomic E-state index is 13.5. The number of halogens is 1. The molecule has 0 atom stereocenters. The Kier molecular flexibility index (Phi) is 6.79. The molecule has 0 saturated carbocycles. The molecule has 0 amide bonds. The van der Waals surface area contributed by atoms with Crippen LogP contribution in [0, 0.1) is 0 Å². The van der Waals surface area contributed by atoms with E-state index in [2.05, 4.69) is 14.9 Å². The molecule has 2 aliphatic heterocycles. The number of hydrogen-bond acceptors (Lipinski definition) is 9. The van der Waals surface area contributed by atoms with E-state index in [1.165, 1.54) is 23.7 Å². The van der Waals surface area contributed by atoms with Crippen molar-refractivity contribution in [3.63, 3.8) is 0 Å². The number of sulfonamides is 1. The Labute approximate surface area is 191 Å². The SMILES string of the molecule is COC(=O)c1cnc(N2CCN(c3ccc(Cl)cn3)CC2)c(S(=O)(=O)N2CCOCC2)c1. The van der Waals surface area contributed by atoms with Crippen LogP contribution in [0.1, 0.15) is 10.4 Å². The molecule has 2 aromatic heterocycles. The molecular formula is C20H24ClN5O5S. The number of pyridine rings is 2. The average Bonchev–Trinajstić information content (AvgIpc) is 2.84. The first-order chi connectivity index (χ1) is 15.4. The highest BCUT2D eigenvalue weighted by Gasteiger charge is 2.33. The highest BCUT2D eigenvalue weighted by atomic mass is 35.5. The minimum absolute atomic E-state index is 0.000341. The van der Waals surface area contributed by atoms with Crippen LogP contribution in [0.15, 0.2) is 35.5 Å². The summed E-state index contributed by atoms with van der Waals surface area (Å²) >= 11 is 5.92. The summed E-state index contributed by atoms with van der Waals surface area (Å²) in [7, 11) is -2.63. The lowest BCUT2D eigenvalue weighted by Gasteiger charge is -2.37. The quantitative estimate of drug-likeness (QED) is 0.583. The summed E-state index contributed by atoms with van der Waals surface area (Å²) in [5.74, 6) is 0.498. The molecule has 2 aliphatic rings. The van der Waals surface area contributed by atoms with Crippen molar-refractivity contribution in [2.75, 3.05) is 69.4 Å². The third kappa shape index (κ3) is 4.65. The number of carbonyl (C=O) groups is 1. The van der Waals surface area contributed by atoms with Gasteiger partial charge in [0, 0.05) is 51.7 Å². The molecular weight excluding hydrogens is 458 g/mol. The minimum Gasteiger partial charge on any atom is -0.465 e. The number of morpholine rings is 1. The van der Waals surface area contributed by atoms with Crippen molar-refractivity contribution in [1.29, 1.82) is 0 Å². The molecule has 0 spiro atoms. The van der Waals surface area contributed by atoms with Gasteiger partial charge in [0.15, 0.2) is 0 Å². The molecule has 4 heterocycles. The largest absolute Gasteiger partial charge is 0.465 e. The van der Waals surface area contributed by atoms with E-state index in [1.807, 2.05) is 11.0 Å². The first-order valence-electron chi connectivity index (χ1n) is 10.2. The van der Waals surface area contributed by atoms with Crippen LogP contribution in [-0.2, 0) is 19.5 Å². The summed E-state index contributed by atoms with van der Waals surface area (Å²) in [6.07, 6.45) is 2.95. The Balaban J connectivity index is 1.62. The molecule has 172 valence electrons. The fourth-order valence-corrected chi connectivity index (χ4v) is 5.43. The number of anilines is 2. The average molecular weight is 482 g/mol. The Morgan fingerprint density at radius 1 is 1.03 bits per heavy atom. The maximum absolute atomic E-state index is 13.5. The molecule has 2 aromatic rings. The van der Waals surface area contributed by atoms with Crippen molar-refractivity contribution < 1.29 is 22.7 Å². The van der Waals surface area contributed by atoms with Gasteiger partial charge in [-0.25, -0.2) is 23.2 Å². The first kappa shape index (κ1) is 22.7. The summed E-state index contributed by atoms with van der Waals surface area (Å²) in [6, 6.07) is 5.00. The number of aromatic nitrogens is 2. The minimum atomic E-state index is -3.88. The second-order valence-corrected chi connectivity index (χ2v) is 9.71. The van der Waals surface area contributed by atoms with E-state index >= 15 is 0 Å². The molecule has 0 radical (unpaired) electrons. The van der Waals surface area contributed by atoms with E-state index in [9.17, 15) is 13.2 Å². The lowest BCUT2D eigenvalue weighted by atomic mass is 10.2. The van der Waals surface area contributed by atoms with Gasteiger partial charge in [-0.15, -0.1) is 0 Å². The fraction of sp³-hybridized carbons (Fsp3) is 0.450. The molecule has 2 fully saturated rings. The van der Waals surface area contributed by atoms with Gasteiger partial charge in [-0.2, -0.15) is 4.31 Å². The zero-order valence-corrected chi connectivity index (χ0v) is 19.2. The molecule has 12 heteroatoms. The molecule has 4 rings (SSSR count). The molecule has 0 N–H and O–H groups in total. The van der Waals surface area contributed by atoms with Gasteiger partial charge in [0.25, 0.3) is 0 Å². The van der Waals surface area contributed by atoms with Crippen molar-refractivity contribution in [3.8, 4) is 0 Å². The summed E-state index contributed by atoms with van der Waals surface area (Å²) in [5.41, 5.74) is 0.0899. The second kappa shape index (κ2) is 9.57. The second-order valence-electron chi connectivity index (χ2n) is 7.36. The number of methoxy groups -OCH3 is 1. The first-order valence-corrected chi connectivity index (χ1v) is 12.0. The van der Waals surface area contributed by atoms with Gasteiger partial charge in [-0.1, -0.05) is 11.6 Å². The van der Waals surface area contributed by atoms with Gasteiger partial charge >= 0.3 is 5.97 Å². The molecule has 0 unspecified atom stereocenters. The van der Waals surface area contributed by atoms with Crippen LogP contribution in [0.5, 0.6) is 0 Å². The molecule has 0 aromatic carbocycles. The monoisotopic (exact) mass is 481 g/mol. The van der Waals surface area contributed by atoms with Crippen LogP contribution in [0.3, 0.4) is 0 Å². The Morgan fingerprint density at radius 3 is 2.34 bits per heavy atom. The Morgan fingerprint density at radius 2 is 1.72 bits per heavy atom. The summed E-state index contributed by atoms with van der Waals surface area (Å²) in [6.45, 7) is 3.50. The Hall–Kier alpha value is -2.47. The van der Waals surface area contributed by atoms with Gasteiger partial charge < -0.3 is 19.3 Å². The number of piperazine rings is 1.